The topological polar surface area (TPSA) is 78.0 Å². The molecule has 0 saturated carbocycles. The molecule has 0 bridgehead atoms. The van der Waals surface area contributed by atoms with E-state index in [1.54, 1.807) is 6.20 Å². The van der Waals surface area contributed by atoms with Crippen LogP contribution in [-0.4, -0.2) is 21.3 Å². The Balaban J connectivity index is 2.26. The van der Waals surface area contributed by atoms with Crippen LogP contribution in [0.4, 0.5) is 5.82 Å². The number of nitrogens with zero attached hydrogens (tertiary/aromatic N) is 1. The number of anilines is 1. The van der Waals surface area contributed by atoms with Crippen LogP contribution in [0, 0.1) is 0 Å². The molecule has 5 nitrogen and oxygen atoms in total. The minimum absolute atomic E-state index is 0.375. The Hall–Kier alpha value is -1.60. The fourth-order valence-electron chi connectivity index (χ4n) is 2.93. The van der Waals surface area contributed by atoms with E-state index in [0.717, 1.165) is 32.2 Å². The van der Waals surface area contributed by atoms with Crippen molar-refractivity contribution in [1.29, 1.82) is 0 Å². The summed E-state index contributed by atoms with van der Waals surface area (Å²) >= 11 is 7.07. The molecule has 2 aromatic rings. The molecule has 120 valence electrons. The highest BCUT2D eigenvalue weighted by molar-refractivity contribution is 9.13. The van der Waals surface area contributed by atoms with Crippen LogP contribution in [0.25, 0.3) is 0 Å². The number of hydrogen-bond donors (Lipinski definition) is 3. The molecular weight excluding hydrogens is 426 g/mol. The number of fused-ring (bicyclic) bond motifs is 1. The summed E-state index contributed by atoms with van der Waals surface area (Å²) in [6, 6.07) is 5.76. The lowest BCUT2D eigenvalue weighted by molar-refractivity contribution is -0.133. The largest absolute Gasteiger partial charge is 0.478 e. The molecule has 0 saturated heterocycles. The third kappa shape index (κ3) is 2.83. The number of aromatic nitrogens is 2. The third-order valence-corrected chi connectivity index (χ3v) is 5.96. The van der Waals surface area contributed by atoms with E-state index < -0.39 is 5.97 Å². The van der Waals surface area contributed by atoms with Gasteiger partial charge in [-0.2, -0.15) is 5.10 Å². The SMILES string of the molecule is CCCC1=C(C(=O)O)C(c2cccc(Br)c2Br)c2c[nH]nc2N1. The van der Waals surface area contributed by atoms with Gasteiger partial charge in [0, 0.05) is 32.3 Å². The zero-order chi connectivity index (χ0) is 16.6. The van der Waals surface area contributed by atoms with Gasteiger partial charge in [0.25, 0.3) is 0 Å². The van der Waals surface area contributed by atoms with Crippen LogP contribution in [0.15, 0.2) is 44.6 Å². The summed E-state index contributed by atoms with van der Waals surface area (Å²) in [6.07, 6.45) is 3.27. The van der Waals surface area contributed by atoms with Crippen molar-refractivity contribution in [1.82, 2.24) is 10.2 Å². The molecule has 0 amide bonds. The summed E-state index contributed by atoms with van der Waals surface area (Å²) in [4.78, 5) is 12.0. The van der Waals surface area contributed by atoms with E-state index in [1.807, 2.05) is 25.1 Å². The van der Waals surface area contributed by atoms with E-state index in [0.29, 0.717) is 17.8 Å². The Morgan fingerprint density at radius 2 is 2.13 bits per heavy atom. The van der Waals surface area contributed by atoms with Crippen molar-refractivity contribution in [2.24, 2.45) is 0 Å². The summed E-state index contributed by atoms with van der Waals surface area (Å²) in [5.74, 6) is -0.601. The number of benzene rings is 1. The van der Waals surface area contributed by atoms with Crippen molar-refractivity contribution in [3.8, 4) is 0 Å². The van der Waals surface area contributed by atoms with Crippen LogP contribution in [0.2, 0.25) is 0 Å². The van der Waals surface area contributed by atoms with E-state index in [4.69, 9.17) is 0 Å². The number of allylic oxidation sites excluding steroid dienone is 1. The molecule has 3 rings (SSSR count). The second kappa shape index (κ2) is 6.49. The standard InChI is InChI=1S/C16H15Br2N3O2/c1-2-4-11-13(16(22)23)12(9-7-19-21-15(9)20-11)8-5-3-6-10(17)14(8)18/h3,5-7,12H,2,4H2,1H3,(H,22,23)(H2,19,20,21). The van der Waals surface area contributed by atoms with Crippen LogP contribution < -0.4 is 5.32 Å². The van der Waals surface area contributed by atoms with Crippen LogP contribution >= 0.6 is 31.9 Å². The Morgan fingerprint density at radius 1 is 1.35 bits per heavy atom. The van der Waals surface area contributed by atoms with Gasteiger partial charge in [-0.25, -0.2) is 4.79 Å². The average molecular weight is 441 g/mol. The maximum Gasteiger partial charge on any atom is 0.334 e. The normalized spacial score (nSPS) is 16.9. The first-order chi connectivity index (χ1) is 11.0. The maximum atomic E-state index is 12.0. The van der Waals surface area contributed by atoms with E-state index in [2.05, 4.69) is 47.4 Å². The predicted octanol–water partition coefficient (Wildman–Crippen LogP) is 4.63. The number of H-pyrrole nitrogens is 1. The monoisotopic (exact) mass is 439 g/mol. The molecule has 0 spiro atoms. The van der Waals surface area contributed by atoms with Crippen LogP contribution in [-0.2, 0) is 4.79 Å². The smallest absolute Gasteiger partial charge is 0.334 e. The van der Waals surface area contributed by atoms with Crippen LogP contribution in [0.5, 0.6) is 0 Å². The van der Waals surface area contributed by atoms with Gasteiger partial charge in [-0.3, -0.25) is 5.10 Å². The third-order valence-electron chi connectivity index (χ3n) is 3.89. The summed E-state index contributed by atoms with van der Waals surface area (Å²) in [5.41, 5.74) is 2.83. The van der Waals surface area contributed by atoms with Crippen molar-refractivity contribution >= 4 is 43.6 Å². The average Bonchev–Trinajstić information content (AvgIpc) is 2.97. The summed E-state index contributed by atoms with van der Waals surface area (Å²) in [6.45, 7) is 2.03. The highest BCUT2D eigenvalue weighted by Crippen LogP contribution is 2.45. The number of carboxylic acid groups (broad SMARTS) is 1. The molecule has 0 fully saturated rings. The number of carbonyl (C=O) groups is 1. The van der Waals surface area contributed by atoms with Gasteiger partial charge >= 0.3 is 5.97 Å². The molecule has 1 aromatic heterocycles. The van der Waals surface area contributed by atoms with Gasteiger partial charge in [-0.05, 0) is 49.9 Å². The molecule has 1 aliphatic heterocycles. The summed E-state index contributed by atoms with van der Waals surface area (Å²) in [7, 11) is 0. The number of halogens is 2. The van der Waals surface area contributed by atoms with Crippen LogP contribution in [0.3, 0.4) is 0 Å². The Labute approximate surface area is 150 Å². The number of rotatable bonds is 4. The van der Waals surface area contributed by atoms with Crippen molar-refractivity contribution in [2.45, 2.75) is 25.7 Å². The van der Waals surface area contributed by atoms with Gasteiger partial charge < -0.3 is 10.4 Å². The van der Waals surface area contributed by atoms with Crippen molar-refractivity contribution in [2.75, 3.05) is 5.32 Å². The van der Waals surface area contributed by atoms with Gasteiger partial charge in [0.05, 0.1) is 5.57 Å². The Bertz CT molecular complexity index is 798. The fourth-order valence-corrected chi connectivity index (χ4v) is 3.80. The van der Waals surface area contributed by atoms with Gasteiger partial charge in [-0.1, -0.05) is 25.5 Å². The molecule has 0 radical (unpaired) electrons. The first-order valence-corrected chi connectivity index (χ1v) is 8.84. The van der Waals surface area contributed by atoms with Gasteiger partial charge in [-0.15, -0.1) is 0 Å². The zero-order valence-corrected chi connectivity index (χ0v) is 15.5. The lowest BCUT2D eigenvalue weighted by Crippen LogP contribution is -2.23. The maximum absolute atomic E-state index is 12.0. The highest BCUT2D eigenvalue weighted by atomic mass is 79.9. The number of aromatic amines is 1. The zero-order valence-electron chi connectivity index (χ0n) is 12.4. The van der Waals surface area contributed by atoms with E-state index in [9.17, 15) is 9.90 Å². The molecule has 2 heterocycles. The van der Waals surface area contributed by atoms with E-state index >= 15 is 0 Å². The number of carboxylic acids is 1. The first-order valence-electron chi connectivity index (χ1n) is 7.25. The van der Waals surface area contributed by atoms with Crippen molar-refractivity contribution < 1.29 is 9.90 Å². The van der Waals surface area contributed by atoms with Crippen LogP contribution in [0.1, 0.15) is 36.8 Å². The highest BCUT2D eigenvalue weighted by Gasteiger charge is 2.35. The quantitative estimate of drug-likeness (QED) is 0.647. The molecule has 7 heteroatoms. The second-order valence-electron chi connectivity index (χ2n) is 5.34. The number of hydrogen-bond acceptors (Lipinski definition) is 3. The molecule has 1 aromatic carbocycles. The lowest BCUT2D eigenvalue weighted by atomic mass is 9.82. The second-order valence-corrected chi connectivity index (χ2v) is 6.98. The fraction of sp³-hybridized carbons (Fsp3) is 0.250. The van der Waals surface area contributed by atoms with Crippen molar-refractivity contribution in [3.05, 3.63) is 55.7 Å². The Kier molecular flexibility index (Phi) is 4.59. The minimum atomic E-state index is -0.912. The van der Waals surface area contributed by atoms with E-state index in [-0.39, 0.29) is 5.92 Å². The van der Waals surface area contributed by atoms with Crippen molar-refractivity contribution in [3.63, 3.8) is 0 Å². The minimum Gasteiger partial charge on any atom is -0.478 e. The molecule has 3 N–H and O–H groups in total. The molecule has 1 aliphatic rings. The molecule has 1 unspecified atom stereocenters. The first kappa shape index (κ1) is 16.3. The van der Waals surface area contributed by atoms with E-state index in [1.165, 1.54) is 0 Å². The molecule has 1 atom stereocenters. The molecule has 23 heavy (non-hydrogen) atoms. The number of aliphatic carboxylic acids is 1. The van der Waals surface area contributed by atoms with Gasteiger partial charge in [0.2, 0.25) is 0 Å². The number of nitrogens with one attached hydrogen (secondary N) is 2. The molecule has 0 aliphatic carbocycles. The summed E-state index contributed by atoms with van der Waals surface area (Å²) < 4.78 is 1.74. The van der Waals surface area contributed by atoms with Gasteiger partial charge in [0.15, 0.2) is 5.82 Å². The molecular formula is C16H15Br2N3O2. The Morgan fingerprint density at radius 3 is 2.83 bits per heavy atom. The lowest BCUT2D eigenvalue weighted by Gasteiger charge is -2.28. The van der Waals surface area contributed by atoms with Gasteiger partial charge in [0.1, 0.15) is 0 Å². The predicted molar refractivity (Wildman–Crippen MR) is 95.5 cm³/mol. The summed E-state index contributed by atoms with van der Waals surface area (Å²) in [5, 5.41) is 20.1.